The third-order valence-corrected chi connectivity index (χ3v) is 2.46. The first-order valence-corrected chi connectivity index (χ1v) is 5.20. The van der Waals surface area contributed by atoms with Crippen molar-refractivity contribution in [3.8, 4) is 0 Å². The maximum absolute atomic E-state index is 5.63. The predicted octanol–water partition coefficient (Wildman–Crippen LogP) is 1.18. The smallest absolute Gasteiger partial charge is 0.0715 e. The summed E-state index contributed by atoms with van der Waals surface area (Å²) in [5.41, 5.74) is 0. The third kappa shape index (κ3) is 4.07. The minimum atomic E-state index is 0.409. The van der Waals surface area contributed by atoms with E-state index in [4.69, 9.17) is 9.47 Å². The maximum Gasteiger partial charge on any atom is 0.0715 e. The molecule has 0 aromatic rings. The molecular formula is C10H21NO2. The molecule has 0 aromatic carbocycles. The average Bonchev–Trinajstić information content (AvgIpc) is 2.54. The van der Waals surface area contributed by atoms with Crippen LogP contribution < -0.4 is 5.32 Å². The van der Waals surface area contributed by atoms with Gasteiger partial charge in [0, 0.05) is 19.7 Å². The van der Waals surface area contributed by atoms with Gasteiger partial charge in [0.15, 0.2) is 0 Å². The number of nitrogens with one attached hydrogen (secondary N) is 1. The number of rotatable bonds is 6. The topological polar surface area (TPSA) is 30.5 Å². The zero-order valence-corrected chi connectivity index (χ0v) is 8.71. The van der Waals surface area contributed by atoms with Crippen LogP contribution in [-0.2, 0) is 9.47 Å². The zero-order valence-electron chi connectivity index (χ0n) is 8.71. The van der Waals surface area contributed by atoms with Crippen LogP contribution in [0.4, 0.5) is 0 Å². The van der Waals surface area contributed by atoms with Crippen molar-refractivity contribution >= 4 is 0 Å². The molecular weight excluding hydrogens is 166 g/mol. The Bertz CT molecular complexity index is 130. The highest BCUT2D eigenvalue weighted by atomic mass is 16.5. The molecule has 13 heavy (non-hydrogen) atoms. The van der Waals surface area contributed by atoms with Gasteiger partial charge in [-0.2, -0.15) is 0 Å². The van der Waals surface area contributed by atoms with E-state index in [1.165, 1.54) is 12.8 Å². The highest BCUT2D eigenvalue weighted by Gasteiger charge is 2.23. The second kappa shape index (κ2) is 6.35. The molecule has 0 radical (unpaired) electrons. The van der Waals surface area contributed by atoms with Crippen LogP contribution in [0, 0.1) is 0 Å². The lowest BCUT2D eigenvalue weighted by molar-refractivity contribution is 0.0260. The molecule has 0 aliphatic carbocycles. The fourth-order valence-electron chi connectivity index (χ4n) is 1.78. The fraction of sp³-hybridized carbons (Fsp3) is 1.00. The van der Waals surface area contributed by atoms with Crippen molar-refractivity contribution in [2.75, 3.05) is 26.9 Å². The number of ether oxygens (including phenoxy) is 2. The Kier molecular flexibility index (Phi) is 5.35. The SMILES string of the molecule is CCC[C@H]1C[C@H](OCCOC)CN1. The molecule has 0 aromatic heterocycles. The van der Waals surface area contributed by atoms with E-state index >= 15 is 0 Å². The summed E-state index contributed by atoms with van der Waals surface area (Å²) in [4.78, 5) is 0. The van der Waals surface area contributed by atoms with Crippen molar-refractivity contribution < 1.29 is 9.47 Å². The van der Waals surface area contributed by atoms with Crippen molar-refractivity contribution in [2.24, 2.45) is 0 Å². The van der Waals surface area contributed by atoms with Gasteiger partial charge in [-0.1, -0.05) is 13.3 Å². The van der Waals surface area contributed by atoms with Crippen molar-refractivity contribution in [1.29, 1.82) is 0 Å². The van der Waals surface area contributed by atoms with E-state index < -0.39 is 0 Å². The monoisotopic (exact) mass is 187 g/mol. The van der Waals surface area contributed by atoms with Crippen molar-refractivity contribution in [3.05, 3.63) is 0 Å². The summed E-state index contributed by atoms with van der Waals surface area (Å²) in [6.45, 7) is 4.66. The van der Waals surface area contributed by atoms with Gasteiger partial charge < -0.3 is 14.8 Å². The normalized spacial score (nSPS) is 28.2. The van der Waals surface area contributed by atoms with Crippen LogP contribution in [0.2, 0.25) is 0 Å². The molecule has 0 bridgehead atoms. The summed E-state index contributed by atoms with van der Waals surface area (Å²) < 4.78 is 10.6. The van der Waals surface area contributed by atoms with Gasteiger partial charge in [-0.25, -0.2) is 0 Å². The molecule has 1 aliphatic heterocycles. The Morgan fingerprint density at radius 2 is 2.23 bits per heavy atom. The van der Waals surface area contributed by atoms with Gasteiger partial charge in [-0.15, -0.1) is 0 Å². The molecule has 2 atom stereocenters. The van der Waals surface area contributed by atoms with Gasteiger partial charge in [0.2, 0.25) is 0 Å². The van der Waals surface area contributed by atoms with Crippen LogP contribution >= 0.6 is 0 Å². The van der Waals surface area contributed by atoms with E-state index in [1.54, 1.807) is 7.11 Å². The number of hydrogen-bond donors (Lipinski definition) is 1. The van der Waals surface area contributed by atoms with E-state index in [-0.39, 0.29) is 0 Å². The molecule has 1 N–H and O–H groups in total. The molecule has 78 valence electrons. The van der Waals surface area contributed by atoms with Crippen molar-refractivity contribution in [3.63, 3.8) is 0 Å². The Morgan fingerprint density at radius 1 is 1.38 bits per heavy atom. The van der Waals surface area contributed by atoms with E-state index in [1.807, 2.05) is 0 Å². The van der Waals surface area contributed by atoms with Gasteiger partial charge in [0.25, 0.3) is 0 Å². The van der Waals surface area contributed by atoms with Crippen molar-refractivity contribution in [1.82, 2.24) is 5.32 Å². The van der Waals surface area contributed by atoms with Crippen LogP contribution in [0.15, 0.2) is 0 Å². The molecule has 1 aliphatic rings. The Morgan fingerprint density at radius 3 is 2.92 bits per heavy atom. The molecule has 0 amide bonds. The lowest BCUT2D eigenvalue weighted by Crippen LogP contribution is -2.21. The van der Waals surface area contributed by atoms with Gasteiger partial charge >= 0.3 is 0 Å². The summed E-state index contributed by atoms with van der Waals surface area (Å²) in [6.07, 6.45) is 4.09. The molecule has 3 nitrogen and oxygen atoms in total. The quantitative estimate of drug-likeness (QED) is 0.633. The summed E-state index contributed by atoms with van der Waals surface area (Å²) in [6, 6.07) is 0.678. The summed E-state index contributed by atoms with van der Waals surface area (Å²) in [5.74, 6) is 0. The Balaban J connectivity index is 2.03. The average molecular weight is 187 g/mol. The Hall–Kier alpha value is -0.120. The van der Waals surface area contributed by atoms with Gasteiger partial charge in [-0.3, -0.25) is 0 Å². The van der Waals surface area contributed by atoms with Crippen LogP contribution in [0.3, 0.4) is 0 Å². The minimum absolute atomic E-state index is 0.409. The second-order valence-corrected chi connectivity index (χ2v) is 3.62. The molecule has 1 saturated heterocycles. The molecule has 1 heterocycles. The van der Waals surface area contributed by atoms with E-state index in [9.17, 15) is 0 Å². The largest absolute Gasteiger partial charge is 0.382 e. The van der Waals surface area contributed by atoms with Crippen LogP contribution in [0.5, 0.6) is 0 Å². The zero-order chi connectivity index (χ0) is 9.52. The Labute approximate surface area is 80.8 Å². The van der Waals surface area contributed by atoms with Gasteiger partial charge in [0.05, 0.1) is 19.3 Å². The van der Waals surface area contributed by atoms with E-state index in [0.29, 0.717) is 18.8 Å². The molecule has 0 unspecified atom stereocenters. The molecule has 0 spiro atoms. The maximum atomic E-state index is 5.63. The lowest BCUT2D eigenvalue weighted by Gasteiger charge is -2.10. The summed E-state index contributed by atoms with van der Waals surface area (Å²) >= 11 is 0. The highest BCUT2D eigenvalue weighted by Crippen LogP contribution is 2.14. The van der Waals surface area contributed by atoms with E-state index in [2.05, 4.69) is 12.2 Å². The third-order valence-electron chi connectivity index (χ3n) is 2.46. The molecule has 0 saturated carbocycles. The summed E-state index contributed by atoms with van der Waals surface area (Å²) in [7, 11) is 1.70. The standard InChI is InChI=1S/C10H21NO2/c1-3-4-9-7-10(8-11-9)13-6-5-12-2/h9-11H,3-8H2,1-2H3/t9-,10-/m0/s1. The lowest BCUT2D eigenvalue weighted by atomic mass is 10.1. The minimum Gasteiger partial charge on any atom is -0.382 e. The first-order valence-electron chi connectivity index (χ1n) is 5.20. The van der Waals surface area contributed by atoms with Crippen LogP contribution in [0.1, 0.15) is 26.2 Å². The second-order valence-electron chi connectivity index (χ2n) is 3.62. The van der Waals surface area contributed by atoms with Gasteiger partial charge in [-0.05, 0) is 12.8 Å². The predicted molar refractivity (Wildman–Crippen MR) is 52.9 cm³/mol. The van der Waals surface area contributed by atoms with Crippen LogP contribution in [0.25, 0.3) is 0 Å². The fourth-order valence-corrected chi connectivity index (χ4v) is 1.78. The number of hydrogen-bond acceptors (Lipinski definition) is 3. The summed E-state index contributed by atoms with van der Waals surface area (Å²) in [5, 5.41) is 3.47. The van der Waals surface area contributed by atoms with Crippen LogP contribution in [-0.4, -0.2) is 39.0 Å². The first-order chi connectivity index (χ1) is 6.36. The molecule has 1 fully saturated rings. The van der Waals surface area contributed by atoms with Crippen molar-refractivity contribution in [2.45, 2.75) is 38.3 Å². The highest BCUT2D eigenvalue weighted by molar-refractivity contribution is 4.81. The van der Waals surface area contributed by atoms with E-state index in [0.717, 1.165) is 19.6 Å². The molecule has 1 rings (SSSR count). The first kappa shape index (κ1) is 11.0. The molecule has 3 heteroatoms. The van der Waals surface area contributed by atoms with Gasteiger partial charge in [0.1, 0.15) is 0 Å². The number of methoxy groups -OCH3 is 1.